The van der Waals surface area contributed by atoms with Gasteiger partial charge in [0.2, 0.25) is 0 Å². The van der Waals surface area contributed by atoms with Gasteiger partial charge in [0.25, 0.3) is 0 Å². The molecule has 3 aliphatic carbocycles. The van der Waals surface area contributed by atoms with Gasteiger partial charge in [-0.2, -0.15) is 0 Å². The molecule has 0 radical (unpaired) electrons. The molecule has 2 bridgehead atoms. The maximum Gasteiger partial charge on any atom is 0.0609 e. The molecule has 86 valence electrons. The first-order chi connectivity index (χ1) is 7.33. The van der Waals surface area contributed by atoms with Crippen molar-refractivity contribution in [1.29, 1.82) is 0 Å². The van der Waals surface area contributed by atoms with Crippen molar-refractivity contribution >= 4 is 0 Å². The van der Waals surface area contributed by atoms with Crippen LogP contribution in [0.25, 0.3) is 0 Å². The van der Waals surface area contributed by atoms with E-state index in [1.807, 2.05) is 0 Å². The smallest absolute Gasteiger partial charge is 0.0609 e. The number of rotatable bonds is 2. The van der Waals surface area contributed by atoms with E-state index < -0.39 is 0 Å². The van der Waals surface area contributed by atoms with Gasteiger partial charge < -0.3 is 4.74 Å². The molecule has 3 rings (SSSR count). The number of fused-ring (bicyclic) bond motifs is 2. The Hall–Kier alpha value is -0.0400. The van der Waals surface area contributed by atoms with Crippen molar-refractivity contribution < 1.29 is 4.74 Å². The molecule has 15 heavy (non-hydrogen) atoms. The van der Waals surface area contributed by atoms with Crippen LogP contribution in [-0.2, 0) is 4.74 Å². The predicted octanol–water partition coefficient (Wildman–Crippen LogP) is 3.77. The van der Waals surface area contributed by atoms with Crippen molar-refractivity contribution in [2.45, 2.75) is 70.5 Å². The minimum absolute atomic E-state index is 0.600. The second kappa shape index (κ2) is 4.08. The Kier molecular flexibility index (Phi) is 2.76. The number of hydrogen-bond donors (Lipinski definition) is 0. The van der Waals surface area contributed by atoms with E-state index in [-0.39, 0.29) is 0 Å². The minimum atomic E-state index is 0.600. The molecule has 0 aromatic heterocycles. The fourth-order valence-corrected chi connectivity index (χ4v) is 4.06. The van der Waals surface area contributed by atoms with Gasteiger partial charge in [0, 0.05) is 0 Å². The van der Waals surface area contributed by atoms with Crippen LogP contribution < -0.4 is 0 Å². The highest BCUT2D eigenvalue weighted by Crippen LogP contribution is 2.47. The average molecular weight is 208 g/mol. The molecule has 0 aromatic rings. The summed E-state index contributed by atoms with van der Waals surface area (Å²) < 4.78 is 6.40. The highest BCUT2D eigenvalue weighted by atomic mass is 16.5. The molecule has 1 heteroatoms. The zero-order chi connectivity index (χ0) is 10.3. The Bertz CT molecular complexity index is 225. The van der Waals surface area contributed by atoms with Crippen LogP contribution in [0.3, 0.4) is 0 Å². The lowest BCUT2D eigenvalue weighted by molar-refractivity contribution is -0.0759. The third-order valence-corrected chi connectivity index (χ3v) is 5.06. The zero-order valence-electron chi connectivity index (χ0n) is 9.95. The van der Waals surface area contributed by atoms with E-state index >= 15 is 0 Å². The molecule has 5 unspecified atom stereocenters. The highest BCUT2D eigenvalue weighted by molar-refractivity contribution is 4.92. The first kappa shape index (κ1) is 10.1. The van der Waals surface area contributed by atoms with Crippen molar-refractivity contribution in [2.24, 2.45) is 17.8 Å². The van der Waals surface area contributed by atoms with Crippen LogP contribution >= 0.6 is 0 Å². The second-order valence-electron chi connectivity index (χ2n) is 6.15. The summed E-state index contributed by atoms with van der Waals surface area (Å²) in [6, 6.07) is 0. The summed E-state index contributed by atoms with van der Waals surface area (Å²) in [5.41, 5.74) is 0. The molecule has 3 saturated carbocycles. The van der Waals surface area contributed by atoms with Gasteiger partial charge in [0.15, 0.2) is 0 Å². The molecule has 0 heterocycles. The Balaban J connectivity index is 1.56. The Morgan fingerprint density at radius 1 is 0.867 bits per heavy atom. The van der Waals surface area contributed by atoms with Crippen LogP contribution in [0.15, 0.2) is 0 Å². The van der Waals surface area contributed by atoms with Crippen LogP contribution in [0.5, 0.6) is 0 Å². The molecule has 0 amide bonds. The van der Waals surface area contributed by atoms with Crippen molar-refractivity contribution in [3.8, 4) is 0 Å². The van der Waals surface area contributed by atoms with Crippen LogP contribution in [0.4, 0.5) is 0 Å². The molecule has 1 nitrogen and oxygen atoms in total. The predicted molar refractivity (Wildman–Crippen MR) is 61.7 cm³/mol. The van der Waals surface area contributed by atoms with Crippen molar-refractivity contribution in [1.82, 2.24) is 0 Å². The molecule has 5 atom stereocenters. The van der Waals surface area contributed by atoms with Gasteiger partial charge in [0.05, 0.1) is 12.2 Å². The monoisotopic (exact) mass is 208 g/mol. The van der Waals surface area contributed by atoms with Gasteiger partial charge in [-0.3, -0.25) is 0 Å². The summed E-state index contributed by atoms with van der Waals surface area (Å²) >= 11 is 0. The fourth-order valence-electron chi connectivity index (χ4n) is 4.06. The third kappa shape index (κ3) is 1.95. The SMILES string of the molecule is CC1CCCCC1OC1CC2CCC1C2. The Morgan fingerprint density at radius 2 is 1.73 bits per heavy atom. The molecule has 0 spiro atoms. The molecule has 0 aliphatic heterocycles. The van der Waals surface area contributed by atoms with Gasteiger partial charge >= 0.3 is 0 Å². The van der Waals surface area contributed by atoms with E-state index in [9.17, 15) is 0 Å². The molecule has 0 N–H and O–H groups in total. The van der Waals surface area contributed by atoms with E-state index in [1.54, 1.807) is 0 Å². The molecule has 3 fully saturated rings. The lowest BCUT2D eigenvalue weighted by atomic mass is 9.87. The van der Waals surface area contributed by atoms with Crippen LogP contribution in [-0.4, -0.2) is 12.2 Å². The molecule has 3 aliphatic rings. The lowest BCUT2D eigenvalue weighted by Crippen LogP contribution is -2.32. The van der Waals surface area contributed by atoms with Crippen LogP contribution in [0.1, 0.15) is 58.3 Å². The third-order valence-electron chi connectivity index (χ3n) is 5.06. The normalized spacial score (nSPS) is 49.8. The van der Waals surface area contributed by atoms with Crippen molar-refractivity contribution in [2.75, 3.05) is 0 Å². The molecular formula is C14H24O. The summed E-state index contributed by atoms with van der Waals surface area (Å²) in [6.45, 7) is 2.39. The summed E-state index contributed by atoms with van der Waals surface area (Å²) in [7, 11) is 0. The fraction of sp³-hybridized carbons (Fsp3) is 1.00. The standard InChI is InChI=1S/C14H24O/c1-10-4-2-3-5-13(10)15-14-9-11-6-7-12(14)8-11/h10-14H,2-9H2,1H3. The molecular weight excluding hydrogens is 184 g/mol. The van der Waals surface area contributed by atoms with Gasteiger partial charge in [0.1, 0.15) is 0 Å². The van der Waals surface area contributed by atoms with E-state index in [0.29, 0.717) is 12.2 Å². The van der Waals surface area contributed by atoms with Gasteiger partial charge in [-0.05, 0) is 56.3 Å². The lowest BCUT2D eigenvalue weighted by Gasteiger charge is -2.34. The average Bonchev–Trinajstić information content (AvgIpc) is 2.83. The first-order valence-electron chi connectivity index (χ1n) is 6.98. The van der Waals surface area contributed by atoms with Gasteiger partial charge in [-0.1, -0.05) is 19.8 Å². The summed E-state index contributed by atoms with van der Waals surface area (Å²) in [4.78, 5) is 0. The van der Waals surface area contributed by atoms with E-state index in [4.69, 9.17) is 4.74 Å². The van der Waals surface area contributed by atoms with E-state index in [0.717, 1.165) is 17.8 Å². The van der Waals surface area contributed by atoms with Crippen molar-refractivity contribution in [3.05, 3.63) is 0 Å². The number of hydrogen-bond acceptors (Lipinski definition) is 1. The molecule has 0 saturated heterocycles. The quantitative estimate of drug-likeness (QED) is 0.671. The van der Waals surface area contributed by atoms with E-state index in [1.165, 1.54) is 51.4 Å². The van der Waals surface area contributed by atoms with E-state index in [2.05, 4.69) is 6.92 Å². The second-order valence-corrected chi connectivity index (χ2v) is 6.15. The Morgan fingerprint density at radius 3 is 2.40 bits per heavy atom. The van der Waals surface area contributed by atoms with Crippen molar-refractivity contribution in [3.63, 3.8) is 0 Å². The maximum atomic E-state index is 6.40. The van der Waals surface area contributed by atoms with Crippen LogP contribution in [0.2, 0.25) is 0 Å². The number of ether oxygens (including phenoxy) is 1. The first-order valence-corrected chi connectivity index (χ1v) is 6.98. The zero-order valence-corrected chi connectivity index (χ0v) is 9.95. The summed E-state index contributed by atoms with van der Waals surface area (Å²) in [6.07, 6.45) is 12.6. The maximum absolute atomic E-state index is 6.40. The largest absolute Gasteiger partial charge is 0.374 e. The summed E-state index contributed by atoms with van der Waals surface area (Å²) in [5, 5.41) is 0. The highest BCUT2D eigenvalue weighted by Gasteiger charge is 2.41. The van der Waals surface area contributed by atoms with Crippen LogP contribution in [0, 0.1) is 17.8 Å². The molecule has 0 aromatic carbocycles. The summed E-state index contributed by atoms with van der Waals surface area (Å²) in [5.74, 6) is 2.78. The topological polar surface area (TPSA) is 9.23 Å². The van der Waals surface area contributed by atoms with Gasteiger partial charge in [-0.25, -0.2) is 0 Å². The Labute approximate surface area is 93.6 Å². The van der Waals surface area contributed by atoms with Gasteiger partial charge in [-0.15, -0.1) is 0 Å². The minimum Gasteiger partial charge on any atom is -0.374 e.